The maximum atomic E-state index is 8.66. The van der Waals surface area contributed by atoms with Gasteiger partial charge < -0.3 is 11.1 Å². The van der Waals surface area contributed by atoms with Gasteiger partial charge in [-0.05, 0) is 26.0 Å². The third-order valence-electron chi connectivity index (χ3n) is 1.47. The second kappa shape index (κ2) is 3.76. The Hall–Kier alpha value is -1.76. The van der Waals surface area contributed by atoms with Crippen molar-refractivity contribution in [2.75, 3.05) is 11.1 Å². The van der Waals surface area contributed by atoms with E-state index in [1.165, 1.54) is 0 Å². The van der Waals surface area contributed by atoms with Crippen LogP contribution in [0.4, 0.5) is 11.5 Å². The molecule has 1 rings (SSSR count). The Kier molecular flexibility index (Phi) is 2.70. The zero-order valence-electron chi connectivity index (χ0n) is 7.70. The second-order valence-corrected chi connectivity index (χ2v) is 3.05. The van der Waals surface area contributed by atoms with Gasteiger partial charge in [-0.25, -0.2) is 4.98 Å². The Morgan fingerprint density at radius 1 is 1.54 bits per heavy atom. The van der Waals surface area contributed by atoms with Crippen molar-refractivity contribution in [1.82, 2.24) is 4.98 Å². The van der Waals surface area contributed by atoms with E-state index in [2.05, 4.69) is 10.3 Å². The van der Waals surface area contributed by atoms with E-state index in [0.29, 0.717) is 17.5 Å². The van der Waals surface area contributed by atoms with Gasteiger partial charge in [-0.3, -0.25) is 0 Å². The molecule has 0 bridgehead atoms. The summed E-state index contributed by atoms with van der Waals surface area (Å²) in [5, 5.41) is 11.7. The van der Waals surface area contributed by atoms with Crippen molar-refractivity contribution >= 4 is 11.5 Å². The van der Waals surface area contributed by atoms with Gasteiger partial charge in [0.05, 0.1) is 5.69 Å². The van der Waals surface area contributed by atoms with Crippen molar-refractivity contribution in [3.63, 3.8) is 0 Å². The monoisotopic (exact) mass is 176 g/mol. The fourth-order valence-corrected chi connectivity index (χ4v) is 0.936. The van der Waals surface area contributed by atoms with Crippen molar-refractivity contribution in [1.29, 1.82) is 5.26 Å². The molecule has 0 spiro atoms. The Morgan fingerprint density at radius 3 is 2.77 bits per heavy atom. The lowest BCUT2D eigenvalue weighted by molar-refractivity contribution is 0.888. The molecule has 3 N–H and O–H groups in total. The molecule has 0 unspecified atom stereocenters. The normalized spacial score (nSPS) is 9.69. The molecule has 1 aromatic heterocycles. The maximum absolute atomic E-state index is 8.66. The lowest BCUT2D eigenvalue weighted by Crippen LogP contribution is -2.11. The zero-order valence-corrected chi connectivity index (χ0v) is 7.70. The van der Waals surface area contributed by atoms with Crippen LogP contribution in [0.25, 0.3) is 0 Å². The first kappa shape index (κ1) is 9.33. The lowest BCUT2D eigenvalue weighted by atomic mass is 10.3. The number of rotatable bonds is 2. The minimum atomic E-state index is 0.269. The number of pyridine rings is 1. The fraction of sp³-hybridized carbons (Fsp3) is 0.333. The topological polar surface area (TPSA) is 74.7 Å². The Balaban J connectivity index is 2.95. The van der Waals surface area contributed by atoms with Crippen molar-refractivity contribution in [3.8, 4) is 6.07 Å². The van der Waals surface area contributed by atoms with Crippen LogP contribution in [-0.4, -0.2) is 11.0 Å². The van der Waals surface area contributed by atoms with E-state index in [1.807, 2.05) is 19.9 Å². The highest BCUT2D eigenvalue weighted by Crippen LogP contribution is 2.12. The van der Waals surface area contributed by atoms with Gasteiger partial charge in [0.15, 0.2) is 5.69 Å². The van der Waals surface area contributed by atoms with E-state index < -0.39 is 0 Å². The average molecular weight is 176 g/mol. The summed E-state index contributed by atoms with van der Waals surface area (Å²) in [4.78, 5) is 4.03. The number of aromatic nitrogens is 1. The number of nitrogens with zero attached hydrogens (tertiary/aromatic N) is 2. The zero-order chi connectivity index (χ0) is 9.84. The van der Waals surface area contributed by atoms with Crippen LogP contribution in [-0.2, 0) is 0 Å². The van der Waals surface area contributed by atoms with Crippen LogP contribution in [0.3, 0.4) is 0 Å². The molecule has 1 aromatic rings. The Labute approximate surface area is 77.4 Å². The van der Waals surface area contributed by atoms with Gasteiger partial charge in [0.2, 0.25) is 0 Å². The van der Waals surface area contributed by atoms with Gasteiger partial charge in [-0.15, -0.1) is 0 Å². The maximum Gasteiger partial charge on any atom is 0.165 e. The number of nitrogen functional groups attached to an aromatic ring is 1. The molecule has 0 aromatic carbocycles. The summed E-state index contributed by atoms with van der Waals surface area (Å²) >= 11 is 0. The number of nitriles is 1. The van der Waals surface area contributed by atoms with E-state index in [9.17, 15) is 0 Å². The van der Waals surface area contributed by atoms with Crippen molar-refractivity contribution in [3.05, 3.63) is 17.8 Å². The Morgan fingerprint density at radius 2 is 2.23 bits per heavy atom. The molecule has 0 radical (unpaired) electrons. The van der Waals surface area contributed by atoms with E-state index in [-0.39, 0.29) is 5.69 Å². The first-order valence-electron chi connectivity index (χ1n) is 4.06. The van der Waals surface area contributed by atoms with Crippen LogP contribution in [0.15, 0.2) is 12.1 Å². The van der Waals surface area contributed by atoms with Crippen LogP contribution in [0.1, 0.15) is 19.5 Å². The average Bonchev–Trinajstić information content (AvgIpc) is 2.07. The SMILES string of the molecule is CC(C)Nc1ccc(N)c(C#N)n1. The standard InChI is InChI=1S/C9H12N4/c1-6(2)12-9-4-3-7(11)8(5-10)13-9/h3-4,6H,11H2,1-2H3,(H,12,13). The number of nitrogens with two attached hydrogens (primary N) is 1. The molecule has 1 heterocycles. The summed E-state index contributed by atoms with van der Waals surface area (Å²) in [6.07, 6.45) is 0. The molecule has 0 aliphatic heterocycles. The fourth-order valence-electron chi connectivity index (χ4n) is 0.936. The largest absolute Gasteiger partial charge is 0.396 e. The number of hydrogen-bond acceptors (Lipinski definition) is 4. The molecule has 0 amide bonds. The van der Waals surface area contributed by atoms with Crippen LogP contribution in [0.2, 0.25) is 0 Å². The molecule has 4 heteroatoms. The first-order valence-corrected chi connectivity index (χ1v) is 4.06. The molecule has 0 saturated carbocycles. The molecule has 0 aliphatic rings. The molecule has 68 valence electrons. The first-order chi connectivity index (χ1) is 6.13. The van der Waals surface area contributed by atoms with Crippen LogP contribution in [0.5, 0.6) is 0 Å². The van der Waals surface area contributed by atoms with E-state index in [1.54, 1.807) is 12.1 Å². The molecule has 0 saturated heterocycles. The lowest BCUT2D eigenvalue weighted by Gasteiger charge is -2.09. The molecule has 0 aliphatic carbocycles. The minimum Gasteiger partial charge on any atom is -0.396 e. The van der Waals surface area contributed by atoms with E-state index in [0.717, 1.165) is 0 Å². The van der Waals surface area contributed by atoms with Crippen molar-refractivity contribution < 1.29 is 0 Å². The molecule has 13 heavy (non-hydrogen) atoms. The summed E-state index contributed by atoms with van der Waals surface area (Å²) in [7, 11) is 0. The number of anilines is 2. The van der Waals surface area contributed by atoms with Crippen LogP contribution < -0.4 is 11.1 Å². The predicted octanol–water partition coefficient (Wildman–Crippen LogP) is 1.36. The predicted molar refractivity (Wildman–Crippen MR) is 52.1 cm³/mol. The van der Waals surface area contributed by atoms with Crippen LogP contribution in [0, 0.1) is 11.3 Å². The van der Waals surface area contributed by atoms with Crippen LogP contribution >= 0.6 is 0 Å². The van der Waals surface area contributed by atoms with Gasteiger partial charge >= 0.3 is 0 Å². The third-order valence-corrected chi connectivity index (χ3v) is 1.47. The van der Waals surface area contributed by atoms with E-state index >= 15 is 0 Å². The molecular formula is C9H12N4. The third kappa shape index (κ3) is 2.34. The van der Waals surface area contributed by atoms with Gasteiger partial charge in [0.1, 0.15) is 11.9 Å². The highest BCUT2D eigenvalue weighted by Gasteiger charge is 2.02. The second-order valence-electron chi connectivity index (χ2n) is 3.05. The minimum absolute atomic E-state index is 0.269. The van der Waals surface area contributed by atoms with Gasteiger partial charge in [0, 0.05) is 6.04 Å². The Bertz CT molecular complexity index is 338. The molecular weight excluding hydrogens is 164 g/mol. The van der Waals surface area contributed by atoms with Gasteiger partial charge in [-0.1, -0.05) is 0 Å². The van der Waals surface area contributed by atoms with E-state index in [4.69, 9.17) is 11.0 Å². The summed E-state index contributed by atoms with van der Waals surface area (Å²) in [6.45, 7) is 4.01. The quantitative estimate of drug-likeness (QED) is 0.713. The molecule has 4 nitrogen and oxygen atoms in total. The van der Waals surface area contributed by atoms with Gasteiger partial charge in [0.25, 0.3) is 0 Å². The number of nitrogens with one attached hydrogen (secondary N) is 1. The van der Waals surface area contributed by atoms with Gasteiger partial charge in [-0.2, -0.15) is 5.26 Å². The highest BCUT2D eigenvalue weighted by molar-refractivity contribution is 5.54. The summed E-state index contributed by atoms with van der Waals surface area (Å²) in [5.74, 6) is 0.681. The number of hydrogen-bond donors (Lipinski definition) is 2. The molecule has 0 atom stereocenters. The highest BCUT2D eigenvalue weighted by atomic mass is 15.0. The van der Waals surface area contributed by atoms with Crippen molar-refractivity contribution in [2.45, 2.75) is 19.9 Å². The summed E-state index contributed by atoms with van der Waals surface area (Å²) < 4.78 is 0. The van der Waals surface area contributed by atoms with Crippen molar-refractivity contribution in [2.24, 2.45) is 0 Å². The summed E-state index contributed by atoms with van der Waals surface area (Å²) in [5.41, 5.74) is 6.20. The molecule has 0 fully saturated rings. The smallest absolute Gasteiger partial charge is 0.165 e. The summed E-state index contributed by atoms with van der Waals surface area (Å²) in [6, 6.07) is 5.66.